The Morgan fingerprint density at radius 2 is 1.79 bits per heavy atom. The predicted molar refractivity (Wildman–Crippen MR) is 53.5 cm³/mol. The first kappa shape index (κ1) is 10.6. The van der Waals surface area contributed by atoms with Gasteiger partial charge in [-0.15, -0.1) is 0 Å². The molecule has 0 aromatic carbocycles. The molecule has 0 bridgehead atoms. The molecule has 1 aromatic rings. The SMILES string of the molecule is CCC(=O)c1ccc(C(=O)CC)nc1. The Bertz CT molecular complexity index is 306. The number of carbonyl (C=O) groups is 2. The third-order valence-electron chi connectivity index (χ3n) is 2.01. The maximum atomic E-state index is 11.2. The van der Waals surface area contributed by atoms with E-state index in [0.717, 1.165) is 0 Å². The minimum atomic E-state index is 0.000461. The van der Waals surface area contributed by atoms with Crippen molar-refractivity contribution in [2.24, 2.45) is 0 Å². The van der Waals surface area contributed by atoms with Gasteiger partial charge in [0.05, 0.1) is 0 Å². The van der Waals surface area contributed by atoms with E-state index in [4.69, 9.17) is 0 Å². The van der Waals surface area contributed by atoms with E-state index in [2.05, 4.69) is 4.98 Å². The van der Waals surface area contributed by atoms with E-state index in [-0.39, 0.29) is 11.6 Å². The average Bonchev–Trinajstić information content (AvgIpc) is 2.27. The lowest BCUT2D eigenvalue weighted by atomic mass is 10.1. The molecule has 0 atom stereocenters. The van der Waals surface area contributed by atoms with E-state index in [1.807, 2.05) is 0 Å². The number of pyridine rings is 1. The molecule has 1 rings (SSSR count). The molecular weight excluding hydrogens is 178 g/mol. The predicted octanol–water partition coefficient (Wildman–Crippen LogP) is 2.27. The maximum absolute atomic E-state index is 11.2. The summed E-state index contributed by atoms with van der Waals surface area (Å²) in [4.78, 5) is 26.4. The second-order valence-electron chi connectivity index (χ2n) is 2.99. The molecule has 0 N–H and O–H groups in total. The second kappa shape index (κ2) is 4.65. The number of carbonyl (C=O) groups excluding carboxylic acids is 2. The molecule has 0 saturated carbocycles. The van der Waals surface area contributed by atoms with Crippen LogP contribution in [0.3, 0.4) is 0 Å². The Labute approximate surface area is 83.2 Å². The number of ketones is 2. The zero-order valence-corrected chi connectivity index (χ0v) is 8.41. The highest BCUT2D eigenvalue weighted by Gasteiger charge is 2.06. The molecule has 0 amide bonds. The van der Waals surface area contributed by atoms with Crippen LogP contribution in [0.1, 0.15) is 47.5 Å². The van der Waals surface area contributed by atoms with Gasteiger partial charge in [-0.1, -0.05) is 13.8 Å². The zero-order chi connectivity index (χ0) is 10.6. The monoisotopic (exact) mass is 191 g/mol. The first-order valence-electron chi connectivity index (χ1n) is 4.71. The summed E-state index contributed by atoms with van der Waals surface area (Å²) in [5, 5.41) is 0. The van der Waals surface area contributed by atoms with Crippen LogP contribution in [0.2, 0.25) is 0 Å². The second-order valence-corrected chi connectivity index (χ2v) is 2.99. The number of Topliss-reactive ketones (excluding diaryl/α,β-unsaturated/α-hetero) is 2. The quantitative estimate of drug-likeness (QED) is 0.686. The fourth-order valence-corrected chi connectivity index (χ4v) is 1.11. The largest absolute Gasteiger partial charge is 0.294 e. The summed E-state index contributed by atoms with van der Waals surface area (Å²) in [6.45, 7) is 3.59. The molecule has 0 unspecified atom stereocenters. The average molecular weight is 191 g/mol. The highest BCUT2D eigenvalue weighted by Crippen LogP contribution is 2.05. The minimum absolute atomic E-state index is 0.000461. The molecule has 1 heterocycles. The number of hydrogen-bond acceptors (Lipinski definition) is 3. The van der Waals surface area contributed by atoms with Gasteiger partial charge in [0.1, 0.15) is 5.69 Å². The summed E-state index contributed by atoms with van der Waals surface area (Å²) in [6.07, 6.45) is 2.37. The summed E-state index contributed by atoms with van der Waals surface area (Å²) in [7, 11) is 0. The highest BCUT2D eigenvalue weighted by atomic mass is 16.1. The Morgan fingerprint density at radius 1 is 1.14 bits per heavy atom. The molecule has 0 aliphatic rings. The van der Waals surface area contributed by atoms with Crippen molar-refractivity contribution in [1.29, 1.82) is 0 Å². The Morgan fingerprint density at radius 3 is 2.21 bits per heavy atom. The molecule has 3 nitrogen and oxygen atoms in total. The van der Waals surface area contributed by atoms with Gasteiger partial charge in [0.25, 0.3) is 0 Å². The van der Waals surface area contributed by atoms with Crippen molar-refractivity contribution >= 4 is 11.6 Å². The van der Waals surface area contributed by atoms with Gasteiger partial charge >= 0.3 is 0 Å². The van der Waals surface area contributed by atoms with Crippen LogP contribution >= 0.6 is 0 Å². The van der Waals surface area contributed by atoms with Crippen molar-refractivity contribution < 1.29 is 9.59 Å². The van der Waals surface area contributed by atoms with E-state index in [9.17, 15) is 9.59 Å². The van der Waals surface area contributed by atoms with Crippen LogP contribution in [-0.4, -0.2) is 16.6 Å². The van der Waals surface area contributed by atoms with Crippen molar-refractivity contribution in [1.82, 2.24) is 4.98 Å². The number of nitrogens with zero attached hydrogens (tertiary/aromatic N) is 1. The van der Waals surface area contributed by atoms with E-state index in [1.54, 1.807) is 26.0 Å². The highest BCUT2D eigenvalue weighted by molar-refractivity contribution is 5.97. The first-order chi connectivity index (χ1) is 6.69. The van der Waals surface area contributed by atoms with Gasteiger partial charge < -0.3 is 0 Å². The lowest BCUT2D eigenvalue weighted by Crippen LogP contribution is -2.03. The van der Waals surface area contributed by atoms with Crippen LogP contribution in [0.5, 0.6) is 0 Å². The molecule has 0 aliphatic heterocycles. The Balaban J connectivity index is 2.89. The van der Waals surface area contributed by atoms with Crippen molar-refractivity contribution in [2.45, 2.75) is 26.7 Å². The van der Waals surface area contributed by atoms with Crippen LogP contribution in [0.25, 0.3) is 0 Å². The van der Waals surface area contributed by atoms with Gasteiger partial charge in [0, 0.05) is 24.6 Å². The molecule has 0 radical (unpaired) electrons. The molecule has 0 aliphatic carbocycles. The third kappa shape index (κ3) is 2.25. The van der Waals surface area contributed by atoms with Crippen LogP contribution in [0.4, 0.5) is 0 Å². The van der Waals surface area contributed by atoms with E-state index < -0.39 is 0 Å². The Hall–Kier alpha value is -1.51. The normalized spacial score (nSPS) is 9.86. The summed E-state index contributed by atoms with van der Waals surface area (Å²) < 4.78 is 0. The Kier molecular flexibility index (Phi) is 3.51. The number of rotatable bonds is 4. The van der Waals surface area contributed by atoms with Gasteiger partial charge in [-0.25, -0.2) is 0 Å². The summed E-state index contributed by atoms with van der Waals surface area (Å²) in [5.41, 5.74) is 1.00. The fourth-order valence-electron chi connectivity index (χ4n) is 1.11. The standard InChI is InChI=1S/C11H13NO2/c1-3-10(13)8-5-6-9(12-7-8)11(14)4-2/h5-7H,3-4H2,1-2H3. The third-order valence-corrected chi connectivity index (χ3v) is 2.01. The summed E-state index contributed by atoms with van der Waals surface area (Å²) in [5.74, 6) is 0.0495. The molecular formula is C11H13NO2. The van der Waals surface area contributed by atoms with Gasteiger partial charge in [-0.3, -0.25) is 14.6 Å². The fraction of sp³-hybridized carbons (Fsp3) is 0.364. The first-order valence-corrected chi connectivity index (χ1v) is 4.71. The van der Waals surface area contributed by atoms with Crippen LogP contribution in [0, 0.1) is 0 Å². The molecule has 1 aromatic heterocycles. The maximum Gasteiger partial charge on any atom is 0.180 e. The van der Waals surface area contributed by atoms with Crippen molar-refractivity contribution in [3.63, 3.8) is 0 Å². The van der Waals surface area contributed by atoms with Crippen LogP contribution in [-0.2, 0) is 0 Å². The van der Waals surface area contributed by atoms with Gasteiger partial charge in [-0.2, -0.15) is 0 Å². The van der Waals surface area contributed by atoms with Crippen LogP contribution in [0.15, 0.2) is 18.3 Å². The topological polar surface area (TPSA) is 47.0 Å². The lowest BCUT2D eigenvalue weighted by molar-refractivity contribution is 0.0972. The van der Waals surface area contributed by atoms with E-state index >= 15 is 0 Å². The van der Waals surface area contributed by atoms with Crippen LogP contribution < -0.4 is 0 Å². The van der Waals surface area contributed by atoms with E-state index in [1.165, 1.54) is 6.20 Å². The molecule has 0 spiro atoms. The van der Waals surface area contributed by atoms with Crippen molar-refractivity contribution in [2.75, 3.05) is 0 Å². The summed E-state index contributed by atoms with van der Waals surface area (Å²) in [6, 6.07) is 3.26. The lowest BCUT2D eigenvalue weighted by Gasteiger charge is -1.99. The molecule has 14 heavy (non-hydrogen) atoms. The van der Waals surface area contributed by atoms with Crippen molar-refractivity contribution in [3.05, 3.63) is 29.6 Å². The number of aromatic nitrogens is 1. The van der Waals surface area contributed by atoms with E-state index in [0.29, 0.717) is 24.1 Å². The molecule has 74 valence electrons. The van der Waals surface area contributed by atoms with Gasteiger partial charge in [0.15, 0.2) is 11.6 Å². The molecule has 0 saturated heterocycles. The summed E-state index contributed by atoms with van der Waals surface area (Å²) >= 11 is 0. The van der Waals surface area contributed by atoms with Gasteiger partial charge in [-0.05, 0) is 12.1 Å². The smallest absolute Gasteiger partial charge is 0.180 e. The number of hydrogen-bond donors (Lipinski definition) is 0. The van der Waals surface area contributed by atoms with Gasteiger partial charge in [0.2, 0.25) is 0 Å². The molecule has 3 heteroatoms. The van der Waals surface area contributed by atoms with Crippen molar-refractivity contribution in [3.8, 4) is 0 Å². The minimum Gasteiger partial charge on any atom is -0.294 e. The molecule has 0 fully saturated rings. The zero-order valence-electron chi connectivity index (χ0n) is 8.41.